The second-order valence-corrected chi connectivity index (χ2v) is 4.00. The predicted molar refractivity (Wildman–Crippen MR) is 55.1 cm³/mol. The Morgan fingerprint density at radius 2 is 2.43 bits per heavy atom. The lowest BCUT2D eigenvalue weighted by Crippen LogP contribution is -2.39. The van der Waals surface area contributed by atoms with E-state index in [1.807, 2.05) is 13.8 Å². The van der Waals surface area contributed by atoms with Crippen molar-refractivity contribution in [3.8, 4) is 0 Å². The van der Waals surface area contributed by atoms with Gasteiger partial charge >= 0.3 is 0 Å². The van der Waals surface area contributed by atoms with Crippen molar-refractivity contribution >= 4 is 5.91 Å². The molecule has 1 heterocycles. The minimum Gasteiger partial charge on any atom is -0.367 e. The molecular formula is C10H20N2O2. The molecule has 0 bridgehead atoms. The standard InChI is InChI=1S/C10H20N2O2/c1-8(2)12-10(13)7-14-9-4-3-5-11-6-9/h8-9,11H,3-7H2,1-2H3,(H,12,13). The molecule has 1 fully saturated rings. The van der Waals surface area contributed by atoms with Gasteiger partial charge in [0, 0.05) is 12.6 Å². The molecule has 1 aliphatic rings. The molecule has 1 unspecified atom stereocenters. The van der Waals surface area contributed by atoms with Gasteiger partial charge < -0.3 is 15.4 Å². The van der Waals surface area contributed by atoms with Gasteiger partial charge in [0.25, 0.3) is 0 Å². The molecule has 0 spiro atoms. The van der Waals surface area contributed by atoms with E-state index in [0.29, 0.717) is 0 Å². The van der Waals surface area contributed by atoms with Gasteiger partial charge in [-0.05, 0) is 33.2 Å². The lowest BCUT2D eigenvalue weighted by molar-refractivity contribution is -0.128. The van der Waals surface area contributed by atoms with Crippen LogP contribution < -0.4 is 10.6 Å². The largest absolute Gasteiger partial charge is 0.367 e. The molecule has 4 nitrogen and oxygen atoms in total. The van der Waals surface area contributed by atoms with Crippen molar-refractivity contribution in [2.75, 3.05) is 19.7 Å². The molecule has 82 valence electrons. The molecule has 1 amide bonds. The minimum absolute atomic E-state index is 0.0226. The van der Waals surface area contributed by atoms with Crippen molar-refractivity contribution in [1.29, 1.82) is 0 Å². The normalized spacial score (nSPS) is 22.4. The molecule has 2 N–H and O–H groups in total. The average molecular weight is 200 g/mol. The molecule has 0 saturated carbocycles. The van der Waals surface area contributed by atoms with Crippen LogP contribution in [-0.4, -0.2) is 37.7 Å². The molecule has 0 aromatic rings. The van der Waals surface area contributed by atoms with Gasteiger partial charge in [-0.15, -0.1) is 0 Å². The number of carbonyl (C=O) groups is 1. The Morgan fingerprint density at radius 3 is 3.00 bits per heavy atom. The molecule has 1 rings (SSSR count). The second kappa shape index (κ2) is 5.98. The number of hydrogen-bond donors (Lipinski definition) is 2. The zero-order chi connectivity index (χ0) is 10.4. The molecule has 0 aromatic heterocycles. The first-order chi connectivity index (χ1) is 6.68. The van der Waals surface area contributed by atoms with E-state index in [4.69, 9.17) is 4.74 Å². The summed E-state index contributed by atoms with van der Waals surface area (Å²) in [5, 5.41) is 6.04. The zero-order valence-electron chi connectivity index (χ0n) is 9.01. The van der Waals surface area contributed by atoms with E-state index in [2.05, 4.69) is 10.6 Å². The Labute approximate surface area is 85.4 Å². The van der Waals surface area contributed by atoms with Crippen LogP contribution in [0.15, 0.2) is 0 Å². The molecule has 1 aliphatic heterocycles. The highest BCUT2D eigenvalue weighted by Gasteiger charge is 2.14. The molecule has 14 heavy (non-hydrogen) atoms. The van der Waals surface area contributed by atoms with Crippen LogP contribution in [0.2, 0.25) is 0 Å². The summed E-state index contributed by atoms with van der Waals surface area (Å²) in [7, 11) is 0. The Bertz CT molecular complexity index is 177. The van der Waals surface area contributed by atoms with Crippen molar-refractivity contribution in [2.24, 2.45) is 0 Å². The third kappa shape index (κ3) is 4.58. The van der Waals surface area contributed by atoms with E-state index in [-0.39, 0.29) is 24.7 Å². The van der Waals surface area contributed by atoms with Crippen LogP contribution in [-0.2, 0) is 9.53 Å². The summed E-state index contributed by atoms with van der Waals surface area (Å²) in [5.41, 5.74) is 0. The van der Waals surface area contributed by atoms with Gasteiger partial charge in [-0.25, -0.2) is 0 Å². The van der Waals surface area contributed by atoms with Crippen LogP contribution in [0.4, 0.5) is 0 Å². The molecular weight excluding hydrogens is 180 g/mol. The van der Waals surface area contributed by atoms with Gasteiger partial charge in [-0.1, -0.05) is 0 Å². The summed E-state index contributed by atoms with van der Waals surface area (Å²) >= 11 is 0. The van der Waals surface area contributed by atoms with E-state index in [1.165, 1.54) is 0 Å². The van der Waals surface area contributed by atoms with E-state index in [0.717, 1.165) is 25.9 Å². The summed E-state index contributed by atoms with van der Waals surface area (Å²) in [6.45, 7) is 6.01. The molecule has 1 saturated heterocycles. The third-order valence-corrected chi connectivity index (χ3v) is 2.15. The van der Waals surface area contributed by atoms with Crippen LogP contribution in [0.25, 0.3) is 0 Å². The van der Waals surface area contributed by atoms with E-state index < -0.39 is 0 Å². The lowest BCUT2D eigenvalue weighted by atomic mass is 10.1. The predicted octanol–water partition coefficient (Wildman–Crippen LogP) is 0.280. The van der Waals surface area contributed by atoms with Crippen molar-refractivity contribution in [2.45, 2.75) is 38.8 Å². The fourth-order valence-corrected chi connectivity index (χ4v) is 1.52. The van der Waals surface area contributed by atoms with Gasteiger partial charge in [0.15, 0.2) is 0 Å². The third-order valence-electron chi connectivity index (χ3n) is 2.15. The highest BCUT2D eigenvalue weighted by atomic mass is 16.5. The Kier molecular flexibility index (Phi) is 4.90. The van der Waals surface area contributed by atoms with Crippen molar-refractivity contribution in [3.05, 3.63) is 0 Å². The number of nitrogens with one attached hydrogen (secondary N) is 2. The summed E-state index contributed by atoms with van der Waals surface area (Å²) in [4.78, 5) is 11.2. The second-order valence-electron chi connectivity index (χ2n) is 4.00. The number of hydrogen-bond acceptors (Lipinski definition) is 3. The van der Waals surface area contributed by atoms with Gasteiger partial charge in [0.05, 0.1) is 6.10 Å². The molecule has 0 aliphatic carbocycles. The summed E-state index contributed by atoms with van der Waals surface area (Å²) in [6.07, 6.45) is 2.40. The number of amides is 1. The Balaban J connectivity index is 2.09. The number of piperidine rings is 1. The highest BCUT2D eigenvalue weighted by molar-refractivity contribution is 5.77. The fourth-order valence-electron chi connectivity index (χ4n) is 1.52. The first kappa shape index (κ1) is 11.5. The van der Waals surface area contributed by atoms with E-state index in [1.54, 1.807) is 0 Å². The quantitative estimate of drug-likeness (QED) is 0.685. The maximum Gasteiger partial charge on any atom is 0.246 e. The lowest BCUT2D eigenvalue weighted by Gasteiger charge is -2.22. The topological polar surface area (TPSA) is 50.4 Å². The summed E-state index contributed by atoms with van der Waals surface area (Å²) in [5.74, 6) is -0.0226. The van der Waals surface area contributed by atoms with Crippen LogP contribution >= 0.6 is 0 Å². The van der Waals surface area contributed by atoms with Crippen LogP contribution in [0, 0.1) is 0 Å². The van der Waals surface area contributed by atoms with Gasteiger partial charge in [0.1, 0.15) is 6.61 Å². The fraction of sp³-hybridized carbons (Fsp3) is 0.900. The molecule has 0 aromatic carbocycles. The van der Waals surface area contributed by atoms with Crippen molar-refractivity contribution in [3.63, 3.8) is 0 Å². The van der Waals surface area contributed by atoms with Crippen LogP contribution in [0.3, 0.4) is 0 Å². The van der Waals surface area contributed by atoms with Gasteiger partial charge in [-0.3, -0.25) is 4.79 Å². The Hall–Kier alpha value is -0.610. The molecule has 0 radical (unpaired) electrons. The van der Waals surface area contributed by atoms with Gasteiger partial charge in [0.2, 0.25) is 5.91 Å². The molecule has 4 heteroatoms. The first-order valence-corrected chi connectivity index (χ1v) is 5.30. The smallest absolute Gasteiger partial charge is 0.246 e. The monoisotopic (exact) mass is 200 g/mol. The summed E-state index contributed by atoms with van der Waals surface area (Å²) in [6, 6.07) is 0.190. The SMILES string of the molecule is CC(C)NC(=O)COC1CCCNC1. The maximum atomic E-state index is 11.2. The average Bonchev–Trinajstić information content (AvgIpc) is 2.15. The van der Waals surface area contributed by atoms with Crippen molar-refractivity contribution < 1.29 is 9.53 Å². The minimum atomic E-state index is -0.0226. The molecule has 1 atom stereocenters. The highest BCUT2D eigenvalue weighted by Crippen LogP contribution is 2.05. The van der Waals surface area contributed by atoms with Crippen LogP contribution in [0.1, 0.15) is 26.7 Å². The first-order valence-electron chi connectivity index (χ1n) is 5.30. The van der Waals surface area contributed by atoms with Gasteiger partial charge in [-0.2, -0.15) is 0 Å². The van der Waals surface area contributed by atoms with Crippen molar-refractivity contribution in [1.82, 2.24) is 10.6 Å². The van der Waals surface area contributed by atoms with E-state index >= 15 is 0 Å². The Morgan fingerprint density at radius 1 is 1.64 bits per heavy atom. The van der Waals surface area contributed by atoms with E-state index in [9.17, 15) is 4.79 Å². The zero-order valence-corrected chi connectivity index (χ0v) is 9.01. The summed E-state index contributed by atoms with van der Waals surface area (Å²) < 4.78 is 5.47. The van der Waals surface area contributed by atoms with Crippen LogP contribution in [0.5, 0.6) is 0 Å². The number of carbonyl (C=O) groups excluding carboxylic acids is 1. The maximum absolute atomic E-state index is 11.2. The number of rotatable bonds is 4. The number of ether oxygens (including phenoxy) is 1.